The SMILES string of the molecule is Nc1ccc(F)c(C(=O)NCC2CC3CCC2C3)c1. The highest BCUT2D eigenvalue weighted by Gasteiger charge is 2.39. The summed E-state index contributed by atoms with van der Waals surface area (Å²) in [4.78, 5) is 12.0. The third-order valence-corrected chi connectivity index (χ3v) is 4.64. The highest BCUT2D eigenvalue weighted by atomic mass is 19.1. The van der Waals surface area contributed by atoms with E-state index in [2.05, 4.69) is 5.32 Å². The third kappa shape index (κ3) is 2.44. The number of carbonyl (C=O) groups is 1. The van der Waals surface area contributed by atoms with Crippen molar-refractivity contribution in [3.05, 3.63) is 29.6 Å². The molecule has 2 saturated carbocycles. The van der Waals surface area contributed by atoms with Gasteiger partial charge >= 0.3 is 0 Å². The first-order valence-electron chi connectivity index (χ1n) is 6.96. The highest BCUT2D eigenvalue weighted by molar-refractivity contribution is 5.95. The van der Waals surface area contributed by atoms with Crippen molar-refractivity contribution in [1.82, 2.24) is 5.32 Å². The van der Waals surface area contributed by atoms with Gasteiger partial charge in [0.05, 0.1) is 5.56 Å². The average molecular weight is 262 g/mol. The molecule has 2 bridgehead atoms. The Balaban J connectivity index is 1.61. The molecular formula is C15H19FN2O. The first kappa shape index (κ1) is 12.5. The molecule has 0 aliphatic heterocycles. The van der Waals surface area contributed by atoms with Gasteiger partial charge in [-0.15, -0.1) is 0 Å². The van der Waals surface area contributed by atoms with Crippen LogP contribution in [0.2, 0.25) is 0 Å². The van der Waals surface area contributed by atoms with Crippen molar-refractivity contribution >= 4 is 11.6 Å². The molecule has 1 aromatic carbocycles. The molecule has 19 heavy (non-hydrogen) atoms. The number of hydrogen-bond donors (Lipinski definition) is 2. The Morgan fingerprint density at radius 1 is 1.37 bits per heavy atom. The summed E-state index contributed by atoms with van der Waals surface area (Å²) in [5.41, 5.74) is 6.04. The lowest BCUT2D eigenvalue weighted by Crippen LogP contribution is -2.32. The number of benzene rings is 1. The van der Waals surface area contributed by atoms with Gasteiger partial charge in [-0.3, -0.25) is 4.79 Å². The first-order valence-corrected chi connectivity index (χ1v) is 6.96. The third-order valence-electron chi connectivity index (χ3n) is 4.64. The van der Waals surface area contributed by atoms with Crippen molar-refractivity contribution in [2.75, 3.05) is 12.3 Å². The van der Waals surface area contributed by atoms with E-state index in [1.54, 1.807) is 0 Å². The standard InChI is InChI=1S/C15H19FN2O/c16-14-4-3-12(17)7-13(14)15(19)18-8-11-6-9-1-2-10(11)5-9/h3-4,7,9-11H,1-2,5-6,8,17H2,(H,18,19). The zero-order chi connectivity index (χ0) is 13.4. The van der Waals surface area contributed by atoms with E-state index in [0.717, 1.165) is 11.8 Å². The largest absolute Gasteiger partial charge is 0.399 e. The monoisotopic (exact) mass is 262 g/mol. The second-order valence-corrected chi connectivity index (χ2v) is 5.88. The summed E-state index contributed by atoms with van der Waals surface area (Å²) in [5, 5.41) is 2.86. The smallest absolute Gasteiger partial charge is 0.254 e. The minimum absolute atomic E-state index is 0.0446. The highest BCUT2D eigenvalue weighted by Crippen LogP contribution is 2.47. The van der Waals surface area contributed by atoms with Crippen molar-refractivity contribution in [3.63, 3.8) is 0 Å². The summed E-state index contributed by atoms with van der Waals surface area (Å²) in [6, 6.07) is 4.09. The van der Waals surface area contributed by atoms with Crippen LogP contribution in [0, 0.1) is 23.6 Å². The second-order valence-electron chi connectivity index (χ2n) is 5.88. The molecule has 2 aliphatic carbocycles. The molecule has 2 fully saturated rings. The lowest BCUT2D eigenvalue weighted by molar-refractivity contribution is 0.0938. The minimum Gasteiger partial charge on any atom is -0.399 e. The van der Waals surface area contributed by atoms with Crippen LogP contribution >= 0.6 is 0 Å². The van der Waals surface area contributed by atoms with Crippen LogP contribution in [0.1, 0.15) is 36.0 Å². The van der Waals surface area contributed by atoms with E-state index in [0.29, 0.717) is 18.2 Å². The lowest BCUT2D eigenvalue weighted by Gasteiger charge is -2.21. The summed E-state index contributed by atoms with van der Waals surface area (Å²) in [6.07, 6.45) is 5.16. The van der Waals surface area contributed by atoms with Crippen LogP contribution in [0.4, 0.5) is 10.1 Å². The molecule has 3 atom stereocenters. The van der Waals surface area contributed by atoms with Gasteiger partial charge in [0.1, 0.15) is 5.82 Å². The van der Waals surface area contributed by atoms with Gasteiger partial charge in [-0.1, -0.05) is 6.42 Å². The van der Waals surface area contributed by atoms with Crippen LogP contribution in [0.3, 0.4) is 0 Å². The fourth-order valence-corrected chi connectivity index (χ4v) is 3.66. The Bertz CT molecular complexity index is 503. The molecule has 0 aromatic heterocycles. The van der Waals surface area contributed by atoms with Gasteiger partial charge in [0.15, 0.2) is 0 Å². The number of nitrogens with two attached hydrogens (primary N) is 1. The molecule has 3 unspecified atom stereocenters. The van der Waals surface area contributed by atoms with Gasteiger partial charge in [0, 0.05) is 12.2 Å². The van der Waals surface area contributed by atoms with Crippen LogP contribution in [-0.4, -0.2) is 12.5 Å². The van der Waals surface area contributed by atoms with Gasteiger partial charge in [0.2, 0.25) is 0 Å². The van der Waals surface area contributed by atoms with Gasteiger partial charge in [-0.25, -0.2) is 4.39 Å². The normalized spacial score (nSPS) is 28.6. The van der Waals surface area contributed by atoms with Crippen LogP contribution in [-0.2, 0) is 0 Å². The van der Waals surface area contributed by atoms with E-state index in [9.17, 15) is 9.18 Å². The maximum absolute atomic E-state index is 13.6. The van der Waals surface area contributed by atoms with Crippen LogP contribution in [0.15, 0.2) is 18.2 Å². The predicted octanol–water partition coefficient (Wildman–Crippen LogP) is 2.57. The second kappa shape index (κ2) is 4.83. The number of amides is 1. The minimum atomic E-state index is -0.514. The lowest BCUT2D eigenvalue weighted by atomic mass is 9.89. The van der Waals surface area contributed by atoms with Crippen LogP contribution in [0.5, 0.6) is 0 Å². The maximum Gasteiger partial charge on any atom is 0.254 e. The number of hydrogen-bond acceptors (Lipinski definition) is 2. The van der Waals surface area contributed by atoms with Gasteiger partial charge in [-0.05, 0) is 55.2 Å². The summed E-state index contributed by atoms with van der Waals surface area (Å²) in [6.45, 7) is 0.661. The Labute approximate surface area is 112 Å². The molecule has 3 nitrogen and oxygen atoms in total. The van der Waals surface area contributed by atoms with E-state index >= 15 is 0 Å². The fraction of sp³-hybridized carbons (Fsp3) is 0.533. The van der Waals surface area contributed by atoms with E-state index in [1.165, 1.54) is 43.9 Å². The molecule has 0 radical (unpaired) electrons. The number of rotatable bonds is 3. The molecule has 0 spiro atoms. The van der Waals surface area contributed by atoms with Gasteiger partial charge in [0.25, 0.3) is 5.91 Å². The van der Waals surface area contributed by atoms with Crippen molar-refractivity contribution in [3.8, 4) is 0 Å². The van der Waals surface area contributed by atoms with E-state index in [1.807, 2.05) is 0 Å². The van der Waals surface area contributed by atoms with Crippen LogP contribution in [0.25, 0.3) is 0 Å². The molecule has 102 valence electrons. The van der Waals surface area contributed by atoms with Gasteiger partial charge in [-0.2, -0.15) is 0 Å². The first-order chi connectivity index (χ1) is 9.13. The molecule has 0 heterocycles. The van der Waals surface area contributed by atoms with Crippen molar-refractivity contribution < 1.29 is 9.18 Å². The van der Waals surface area contributed by atoms with E-state index in [-0.39, 0.29) is 11.5 Å². The molecule has 1 amide bonds. The molecular weight excluding hydrogens is 243 g/mol. The molecule has 3 N–H and O–H groups in total. The Morgan fingerprint density at radius 3 is 2.89 bits per heavy atom. The number of anilines is 1. The predicted molar refractivity (Wildman–Crippen MR) is 72.1 cm³/mol. The summed E-state index contributed by atoms with van der Waals surface area (Å²) in [5.74, 6) is 1.33. The zero-order valence-electron chi connectivity index (χ0n) is 10.9. The van der Waals surface area contributed by atoms with Crippen LogP contribution < -0.4 is 11.1 Å². The Morgan fingerprint density at radius 2 is 2.21 bits per heavy atom. The number of nitrogens with one attached hydrogen (secondary N) is 1. The number of halogens is 1. The average Bonchev–Trinajstić information content (AvgIpc) is 3.01. The molecule has 4 heteroatoms. The topological polar surface area (TPSA) is 55.1 Å². The van der Waals surface area contributed by atoms with Crippen molar-refractivity contribution in [2.24, 2.45) is 17.8 Å². The summed E-state index contributed by atoms with van der Waals surface area (Å²) in [7, 11) is 0. The Hall–Kier alpha value is -1.58. The Kier molecular flexibility index (Phi) is 3.17. The fourth-order valence-electron chi connectivity index (χ4n) is 3.66. The van der Waals surface area contributed by atoms with Crippen molar-refractivity contribution in [1.29, 1.82) is 0 Å². The molecule has 1 aromatic rings. The zero-order valence-corrected chi connectivity index (χ0v) is 10.9. The molecule has 2 aliphatic rings. The quantitative estimate of drug-likeness (QED) is 0.823. The van der Waals surface area contributed by atoms with E-state index in [4.69, 9.17) is 5.73 Å². The molecule has 3 rings (SSSR count). The number of carbonyl (C=O) groups excluding carboxylic acids is 1. The van der Waals surface area contributed by atoms with Crippen molar-refractivity contribution in [2.45, 2.75) is 25.7 Å². The van der Waals surface area contributed by atoms with Gasteiger partial charge < -0.3 is 11.1 Å². The number of nitrogen functional groups attached to an aromatic ring is 1. The van der Waals surface area contributed by atoms with E-state index < -0.39 is 5.82 Å². The summed E-state index contributed by atoms with van der Waals surface area (Å²) < 4.78 is 13.6. The summed E-state index contributed by atoms with van der Waals surface area (Å²) >= 11 is 0. The number of fused-ring (bicyclic) bond motifs is 2. The maximum atomic E-state index is 13.6. The molecule has 0 saturated heterocycles.